The lowest BCUT2D eigenvalue weighted by atomic mass is 9.87. The van der Waals surface area contributed by atoms with Gasteiger partial charge in [0, 0.05) is 5.92 Å². The van der Waals surface area contributed by atoms with Crippen molar-refractivity contribution in [2.45, 2.75) is 12.5 Å². The highest BCUT2D eigenvalue weighted by atomic mass is 19.1. The molecule has 3 nitrogen and oxygen atoms in total. The molecule has 0 aliphatic rings. The van der Waals surface area contributed by atoms with Crippen LogP contribution in [-0.2, 0) is 4.79 Å². The summed E-state index contributed by atoms with van der Waals surface area (Å²) in [6, 6.07) is 0. The smallest absolute Gasteiger partial charge is 0.327 e. The number of carboxylic acid groups (broad SMARTS) is 1. The van der Waals surface area contributed by atoms with Crippen molar-refractivity contribution in [3.8, 4) is 0 Å². The van der Waals surface area contributed by atoms with Crippen LogP contribution in [0.25, 0.3) is 0 Å². The van der Waals surface area contributed by atoms with E-state index in [1.807, 2.05) is 0 Å². The number of hydrogen-bond donors (Lipinski definition) is 2. The fraction of sp³-hybridized carbons (Fsp3) is 0.571. The van der Waals surface area contributed by atoms with E-state index in [1.165, 1.54) is 13.0 Å². The molecule has 0 aromatic heterocycles. The molecular weight excluding hydrogens is 149 g/mol. The molecule has 2 unspecified atom stereocenters. The molecule has 0 rings (SSSR count). The van der Waals surface area contributed by atoms with Gasteiger partial charge in [-0.05, 0) is 0 Å². The molecule has 0 saturated carbocycles. The maximum atomic E-state index is 12.2. The van der Waals surface area contributed by atoms with E-state index in [9.17, 15) is 9.18 Å². The molecule has 0 radical (unpaired) electrons. The van der Waals surface area contributed by atoms with E-state index in [0.717, 1.165) is 0 Å². The zero-order valence-corrected chi connectivity index (χ0v) is 6.38. The third-order valence-electron chi connectivity index (χ3n) is 1.79. The van der Waals surface area contributed by atoms with Crippen molar-refractivity contribution < 1.29 is 14.3 Å². The van der Waals surface area contributed by atoms with Gasteiger partial charge in [0.05, 0.1) is 0 Å². The van der Waals surface area contributed by atoms with Crippen LogP contribution < -0.4 is 5.73 Å². The molecule has 0 aliphatic carbocycles. The van der Waals surface area contributed by atoms with Crippen molar-refractivity contribution in [2.24, 2.45) is 11.7 Å². The van der Waals surface area contributed by atoms with Crippen molar-refractivity contribution in [3.63, 3.8) is 0 Å². The molecule has 4 heteroatoms. The van der Waals surface area contributed by atoms with Crippen LogP contribution in [0.4, 0.5) is 4.39 Å². The van der Waals surface area contributed by atoms with Gasteiger partial charge in [0.2, 0.25) is 0 Å². The minimum absolute atomic E-state index is 0.579. The lowest BCUT2D eigenvalue weighted by Crippen LogP contribution is -2.54. The van der Waals surface area contributed by atoms with Gasteiger partial charge >= 0.3 is 5.97 Å². The first-order valence-corrected chi connectivity index (χ1v) is 3.19. The predicted molar refractivity (Wildman–Crippen MR) is 39.9 cm³/mol. The minimum atomic E-state index is -1.82. The maximum Gasteiger partial charge on any atom is 0.327 e. The minimum Gasteiger partial charge on any atom is -0.480 e. The van der Waals surface area contributed by atoms with Crippen LogP contribution in [0.2, 0.25) is 0 Å². The molecule has 11 heavy (non-hydrogen) atoms. The van der Waals surface area contributed by atoms with E-state index in [4.69, 9.17) is 10.8 Å². The number of alkyl halides is 1. The molecule has 2 atom stereocenters. The van der Waals surface area contributed by atoms with Crippen LogP contribution in [0.1, 0.15) is 6.92 Å². The summed E-state index contributed by atoms with van der Waals surface area (Å²) in [5, 5.41) is 8.52. The first-order chi connectivity index (χ1) is 4.99. The van der Waals surface area contributed by atoms with Crippen LogP contribution in [0.3, 0.4) is 0 Å². The van der Waals surface area contributed by atoms with E-state index < -0.39 is 24.1 Å². The van der Waals surface area contributed by atoms with E-state index in [1.54, 1.807) is 0 Å². The maximum absolute atomic E-state index is 12.2. The predicted octanol–water partition coefficient (Wildman–Crippen LogP) is 0.560. The zero-order chi connectivity index (χ0) is 9.07. The largest absolute Gasteiger partial charge is 0.480 e. The molecule has 0 bridgehead atoms. The van der Waals surface area contributed by atoms with Crippen molar-refractivity contribution >= 4 is 5.97 Å². The Bertz CT molecular complexity index is 172. The first kappa shape index (κ1) is 10.1. The second-order valence-electron chi connectivity index (χ2n) is 2.50. The van der Waals surface area contributed by atoms with E-state index in [0.29, 0.717) is 0 Å². The number of halogens is 1. The number of nitrogens with two attached hydrogens (primary N) is 1. The summed E-state index contributed by atoms with van der Waals surface area (Å²) in [6.07, 6.45) is 1.33. The van der Waals surface area contributed by atoms with Gasteiger partial charge in [-0.25, -0.2) is 4.39 Å². The van der Waals surface area contributed by atoms with E-state index in [-0.39, 0.29) is 0 Å². The van der Waals surface area contributed by atoms with Gasteiger partial charge in [-0.3, -0.25) is 4.79 Å². The Hall–Kier alpha value is -0.900. The van der Waals surface area contributed by atoms with Crippen LogP contribution >= 0.6 is 0 Å². The fourth-order valence-electron chi connectivity index (χ4n) is 0.584. The Morgan fingerprint density at radius 1 is 2.00 bits per heavy atom. The van der Waals surface area contributed by atoms with Crippen LogP contribution in [0.15, 0.2) is 12.7 Å². The van der Waals surface area contributed by atoms with Crippen LogP contribution in [0, 0.1) is 5.92 Å². The third kappa shape index (κ3) is 1.77. The SMILES string of the molecule is C=CC(C)C(N)(CF)C(=O)O. The Labute approximate surface area is 64.7 Å². The zero-order valence-electron chi connectivity index (χ0n) is 6.38. The second-order valence-corrected chi connectivity index (χ2v) is 2.50. The fourth-order valence-corrected chi connectivity index (χ4v) is 0.584. The molecule has 64 valence electrons. The molecule has 0 spiro atoms. The summed E-state index contributed by atoms with van der Waals surface area (Å²) in [5.41, 5.74) is 3.43. The molecule has 0 heterocycles. The topological polar surface area (TPSA) is 63.3 Å². The van der Waals surface area contributed by atoms with Crippen molar-refractivity contribution in [1.82, 2.24) is 0 Å². The Morgan fingerprint density at radius 2 is 2.45 bits per heavy atom. The molecule has 0 aromatic rings. The highest BCUT2D eigenvalue weighted by Gasteiger charge is 2.38. The van der Waals surface area contributed by atoms with E-state index in [2.05, 4.69) is 6.58 Å². The Morgan fingerprint density at radius 3 is 2.55 bits per heavy atom. The second kappa shape index (κ2) is 3.48. The van der Waals surface area contributed by atoms with Gasteiger partial charge in [-0.2, -0.15) is 0 Å². The molecule has 0 saturated heterocycles. The summed E-state index contributed by atoms with van der Waals surface area (Å²) < 4.78 is 12.2. The lowest BCUT2D eigenvalue weighted by Gasteiger charge is -2.25. The standard InChI is InChI=1S/C7H12FNO2/c1-3-5(2)7(9,4-8)6(10)11/h3,5H,1,4,9H2,2H3,(H,10,11). The Kier molecular flexibility index (Phi) is 3.19. The Balaban J connectivity index is 4.58. The summed E-state index contributed by atoms with van der Waals surface area (Å²) >= 11 is 0. The molecular formula is C7H12FNO2. The summed E-state index contributed by atoms with van der Waals surface area (Å²) in [6.45, 7) is 3.77. The quantitative estimate of drug-likeness (QED) is 0.592. The van der Waals surface area contributed by atoms with Gasteiger partial charge in [0.1, 0.15) is 12.2 Å². The summed E-state index contributed by atoms with van der Waals surface area (Å²) in [4.78, 5) is 10.4. The summed E-state index contributed by atoms with van der Waals surface area (Å²) in [7, 11) is 0. The van der Waals surface area contributed by atoms with E-state index >= 15 is 0 Å². The van der Waals surface area contributed by atoms with Crippen LogP contribution in [-0.4, -0.2) is 23.3 Å². The molecule has 0 aliphatic heterocycles. The highest BCUT2D eigenvalue weighted by molar-refractivity contribution is 5.79. The van der Waals surface area contributed by atoms with Crippen molar-refractivity contribution in [1.29, 1.82) is 0 Å². The average molecular weight is 161 g/mol. The third-order valence-corrected chi connectivity index (χ3v) is 1.79. The summed E-state index contributed by atoms with van der Waals surface area (Å²) in [5.74, 6) is -1.92. The first-order valence-electron chi connectivity index (χ1n) is 3.19. The monoisotopic (exact) mass is 161 g/mol. The molecule has 0 amide bonds. The van der Waals surface area contributed by atoms with Crippen LogP contribution in [0.5, 0.6) is 0 Å². The van der Waals surface area contributed by atoms with Gasteiger partial charge in [0.25, 0.3) is 0 Å². The average Bonchev–Trinajstić information content (AvgIpc) is 2.01. The number of carboxylic acids is 1. The van der Waals surface area contributed by atoms with Gasteiger partial charge < -0.3 is 10.8 Å². The van der Waals surface area contributed by atoms with Crippen molar-refractivity contribution in [3.05, 3.63) is 12.7 Å². The normalized spacial score (nSPS) is 18.5. The number of hydrogen-bond acceptors (Lipinski definition) is 2. The molecule has 3 N–H and O–H groups in total. The highest BCUT2D eigenvalue weighted by Crippen LogP contribution is 2.16. The lowest BCUT2D eigenvalue weighted by molar-refractivity contribution is -0.145. The molecule has 0 fully saturated rings. The number of carbonyl (C=O) groups is 1. The van der Waals surface area contributed by atoms with Gasteiger partial charge in [0.15, 0.2) is 0 Å². The number of rotatable bonds is 4. The molecule has 0 aromatic carbocycles. The van der Waals surface area contributed by atoms with Gasteiger partial charge in [-0.15, -0.1) is 6.58 Å². The number of aliphatic carboxylic acids is 1. The van der Waals surface area contributed by atoms with Crippen molar-refractivity contribution in [2.75, 3.05) is 6.67 Å². The van der Waals surface area contributed by atoms with Gasteiger partial charge in [-0.1, -0.05) is 13.0 Å².